The molecular weight excluding hydrogens is 180 g/mol. The van der Waals surface area contributed by atoms with E-state index in [1.807, 2.05) is 0 Å². The molecule has 6 heteroatoms. The van der Waals surface area contributed by atoms with Crippen LogP contribution in [-0.2, 0) is 9.47 Å². The summed E-state index contributed by atoms with van der Waals surface area (Å²) in [7, 11) is 0. The van der Waals surface area contributed by atoms with Gasteiger partial charge >= 0.3 is 12.3 Å². The van der Waals surface area contributed by atoms with Gasteiger partial charge in [0.25, 0.3) is 0 Å². The molecule has 1 saturated heterocycles. The molecule has 12 heavy (non-hydrogen) atoms. The Morgan fingerprint density at radius 2 is 2.08 bits per heavy atom. The van der Waals surface area contributed by atoms with Crippen molar-refractivity contribution in [1.82, 2.24) is 0 Å². The molecule has 0 N–H and O–H groups in total. The van der Waals surface area contributed by atoms with Crippen molar-refractivity contribution in [3.05, 3.63) is 0 Å². The van der Waals surface area contributed by atoms with Crippen LogP contribution < -0.4 is 0 Å². The Kier molecular flexibility index (Phi) is 2.89. The average Bonchev–Trinajstić information content (AvgIpc) is 2.70. The molecule has 0 amide bonds. The van der Waals surface area contributed by atoms with Crippen molar-refractivity contribution in [3.63, 3.8) is 0 Å². The normalized spacial score (nSPS) is 23.2. The van der Waals surface area contributed by atoms with Crippen LogP contribution in [0.4, 0.5) is 17.6 Å². The number of alkyl halides is 4. The molecule has 0 bridgehead atoms. The molecule has 0 saturated carbocycles. The summed E-state index contributed by atoms with van der Waals surface area (Å²) in [6.45, 7) is -0.826. The van der Waals surface area contributed by atoms with Crippen molar-refractivity contribution in [2.24, 2.45) is 0 Å². The minimum Gasteiger partial charge on any atom is -0.372 e. The summed E-state index contributed by atoms with van der Waals surface area (Å²) >= 11 is 0. The lowest BCUT2D eigenvalue weighted by molar-refractivity contribution is -0.166. The molecule has 2 nitrogen and oxygen atoms in total. The maximum atomic E-state index is 12.1. The molecule has 0 aromatic carbocycles. The summed E-state index contributed by atoms with van der Waals surface area (Å²) in [5, 5.41) is 0. The zero-order valence-corrected chi connectivity index (χ0v) is 6.10. The van der Waals surface area contributed by atoms with Crippen molar-refractivity contribution < 1.29 is 27.0 Å². The largest absolute Gasteiger partial charge is 0.372 e. The molecule has 0 aliphatic carbocycles. The Morgan fingerprint density at radius 1 is 1.50 bits per heavy atom. The van der Waals surface area contributed by atoms with Crippen LogP contribution >= 0.6 is 0 Å². The second kappa shape index (κ2) is 3.57. The predicted molar refractivity (Wildman–Crippen MR) is 31.5 cm³/mol. The number of hydrogen-bond acceptors (Lipinski definition) is 2. The number of ether oxygens (including phenoxy) is 2. The first-order valence-corrected chi connectivity index (χ1v) is 3.37. The van der Waals surface area contributed by atoms with E-state index >= 15 is 0 Å². The summed E-state index contributed by atoms with van der Waals surface area (Å²) < 4.78 is 56.1. The van der Waals surface area contributed by atoms with Gasteiger partial charge in [0.1, 0.15) is 12.7 Å². The average molecular weight is 188 g/mol. The minimum atomic E-state index is -4.05. The summed E-state index contributed by atoms with van der Waals surface area (Å²) in [5.41, 5.74) is 0. The zero-order chi connectivity index (χ0) is 9.19. The van der Waals surface area contributed by atoms with Crippen LogP contribution in [0.1, 0.15) is 0 Å². The van der Waals surface area contributed by atoms with Crippen molar-refractivity contribution in [2.45, 2.75) is 18.5 Å². The summed E-state index contributed by atoms with van der Waals surface area (Å²) in [6.07, 6.45) is -3.85. The summed E-state index contributed by atoms with van der Waals surface area (Å²) in [4.78, 5) is 0. The van der Waals surface area contributed by atoms with E-state index in [0.717, 1.165) is 0 Å². The molecule has 1 aliphatic rings. The van der Waals surface area contributed by atoms with Gasteiger partial charge in [-0.2, -0.15) is 8.78 Å². The van der Waals surface area contributed by atoms with E-state index in [1.165, 1.54) is 0 Å². The molecule has 0 aromatic rings. The van der Waals surface area contributed by atoms with Crippen molar-refractivity contribution >= 4 is 0 Å². The van der Waals surface area contributed by atoms with Gasteiger partial charge in [0, 0.05) is 0 Å². The van der Waals surface area contributed by atoms with Crippen LogP contribution in [0.15, 0.2) is 0 Å². The molecule has 0 aromatic heterocycles. The molecule has 0 radical (unpaired) electrons. The lowest BCUT2D eigenvalue weighted by atomic mass is 10.4. The monoisotopic (exact) mass is 188 g/mol. The van der Waals surface area contributed by atoms with Gasteiger partial charge in [0.05, 0.1) is 13.2 Å². The molecule has 1 fully saturated rings. The first kappa shape index (κ1) is 9.73. The van der Waals surface area contributed by atoms with Crippen LogP contribution in [-0.4, -0.2) is 38.3 Å². The molecule has 72 valence electrons. The molecule has 0 spiro atoms. The fraction of sp³-hybridized carbons (Fsp3) is 1.00. The van der Waals surface area contributed by atoms with E-state index < -0.39 is 19.0 Å². The van der Waals surface area contributed by atoms with E-state index in [9.17, 15) is 17.6 Å². The first-order chi connectivity index (χ1) is 5.52. The zero-order valence-electron chi connectivity index (χ0n) is 6.10. The second-order valence-electron chi connectivity index (χ2n) is 2.53. The van der Waals surface area contributed by atoms with E-state index in [4.69, 9.17) is 0 Å². The number of halogens is 4. The molecular formula is C6H8F4O2. The van der Waals surface area contributed by atoms with Crippen LogP contribution in [0, 0.1) is 0 Å². The Bertz CT molecular complexity index is 146. The maximum absolute atomic E-state index is 12.1. The fourth-order valence-corrected chi connectivity index (χ4v) is 0.554. The van der Waals surface area contributed by atoms with E-state index in [-0.39, 0.29) is 12.7 Å². The minimum absolute atomic E-state index is 0.0394. The Hall–Kier alpha value is -0.360. The van der Waals surface area contributed by atoms with Gasteiger partial charge in [-0.3, -0.25) is 0 Å². The SMILES string of the molecule is FC(F)C(F)(F)COC[C@H]1CO1. The van der Waals surface area contributed by atoms with Gasteiger partial charge in [-0.15, -0.1) is 0 Å². The van der Waals surface area contributed by atoms with E-state index in [1.54, 1.807) is 0 Å². The van der Waals surface area contributed by atoms with Gasteiger partial charge in [0.2, 0.25) is 0 Å². The van der Waals surface area contributed by atoms with Gasteiger partial charge in [-0.25, -0.2) is 8.78 Å². The third-order valence-electron chi connectivity index (χ3n) is 1.32. The van der Waals surface area contributed by atoms with Gasteiger partial charge < -0.3 is 9.47 Å². The van der Waals surface area contributed by atoms with E-state index in [2.05, 4.69) is 9.47 Å². The quantitative estimate of drug-likeness (QED) is 0.479. The number of rotatable bonds is 5. The van der Waals surface area contributed by atoms with E-state index in [0.29, 0.717) is 6.61 Å². The first-order valence-electron chi connectivity index (χ1n) is 3.37. The van der Waals surface area contributed by atoms with Crippen LogP contribution in [0.25, 0.3) is 0 Å². The second-order valence-corrected chi connectivity index (χ2v) is 2.53. The summed E-state index contributed by atoms with van der Waals surface area (Å²) in [6, 6.07) is 0. The van der Waals surface area contributed by atoms with Crippen LogP contribution in [0.3, 0.4) is 0 Å². The van der Waals surface area contributed by atoms with Gasteiger partial charge in [0.15, 0.2) is 0 Å². The highest BCUT2D eigenvalue weighted by Crippen LogP contribution is 2.23. The van der Waals surface area contributed by atoms with Crippen molar-refractivity contribution in [1.29, 1.82) is 0 Å². The maximum Gasteiger partial charge on any atom is 0.330 e. The van der Waals surface area contributed by atoms with Crippen molar-refractivity contribution in [2.75, 3.05) is 19.8 Å². The third kappa shape index (κ3) is 2.94. The molecule has 1 rings (SSSR count). The molecule has 1 aliphatic heterocycles. The Labute approximate surface area is 66.4 Å². The molecule has 0 unspecified atom stereocenters. The van der Waals surface area contributed by atoms with Crippen molar-refractivity contribution in [3.8, 4) is 0 Å². The van der Waals surface area contributed by atoms with Crippen LogP contribution in [0.5, 0.6) is 0 Å². The smallest absolute Gasteiger partial charge is 0.330 e. The lowest BCUT2D eigenvalue weighted by Crippen LogP contribution is -2.32. The number of epoxide rings is 1. The molecule has 1 atom stereocenters. The Balaban J connectivity index is 2.10. The number of hydrogen-bond donors (Lipinski definition) is 0. The lowest BCUT2D eigenvalue weighted by Gasteiger charge is -2.14. The van der Waals surface area contributed by atoms with Crippen LogP contribution in [0.2, 0.25) is 0 Å². The highest BCUT2D eigenvalue weighted by Gasteiger charge is 2.41. The Morgan fingerprint density at radius 3 is 2.50 bits per heavy atom. The summed E-state index contributed by atoms with van der Waals surface area (Å²) in [5.74, 6) is -4.05. The standard InChI is InChI=1S/C6H8F4O2/c7-5(8)6(9,10)3-11-1-4-2-12-4/h4-5H,1-3H2/t4-/m0/s1. The topological polar surface area (TPSA) is 21.8 Å². The third-order valence-corrected chi connectivity index (χ3v) is 1.32. The van der Waals surface area contributed by atoms with Gasteiger partial charge in [-0.1, -0.05) is 0 Å². The highest BCUT2D eigenvalue weighted by atomic mass is 19.3. The fourth-order valence-electron chi connectivity index (χ4n) is 0.554. The predicted octanol–water partition coefficient (Wildman–Crippen LogP) is 1.30. The highest BCUT2D eigenvalue weighted by molar-refractivity contribution is 4.71. The molecule has 1 heterocycles. The van der Waals surface area contributed by atoms with Gasteiger partial charge in [-0.05, 0) is 0 Å².